The van der Waals surface area contributed by atoms with Gasteiger partial charge in [-0.05, 0) is 48.6 Å². The zero-order valence-electron chi connectivity index (χ0n) is 14.2. The average molecular weight is 337 g/mol. The number of fused-ring (bicyclic) bond motifs is 1. The minimum Gasteiger partial charge on any atom is -0.488 e. The van der Waals surface area contributed by atoms with Crippen molar-refractivity contribution in [2.24, 2.45) is 0 Å². The Hall–Kier alpha value is -2.30. The van der Waals surface area contributed by atoms with Crippen molar-refractivity contribution in [3.63, 3.8) is 0 Å². The fourth-order valence-corrected chi connectivity index (χ4v) is 3.16. The van der Waals surface area contributed by atoms with E-state index in [4.69, 9.17) is 14.2 Å². The van der Waals surface area contributed by atoms with Gasteiger partial charge in [0.25, 0.3) is 0 Å². The normalized spacial score (nSPS) is 17.7. The molecule has 1 aliphatic rings. The molecule has 1 aromatic heterocycles. The number of aromatic nitrogens is 1. The number of benzene rings is 2. The number of ether oxygens (including phenoxy) is 3. The molecule has 0 radical (unpaired) electrons. The zero-order chi connectivity index (χ0) is 16.9. The Labute approximate surface area is 147 Å². The van der Waals surface area contributed by atoms with Crippen LogP contribution in [-0.4, -0.2) is 17.9 Å². The molecule has 25 heavy (non-hydrogen) atoms. The first-order valence-corrected chi connectivity index (χ1v) is 8.88. The summed E-state index contributed by atoms with van der Waals surface area (Å²) in [5.74, 6) is 0.880. The third-order valence-corrected chi connectivity index (χ3v) is 4.50. The largest absolute Gasteiger partial charge is 0.488 e. The van der Waals surface area contributed by atoms with E-state index in [1.807, 2.05) is 30.5 Å². The summed E-state index contributed by atoms with van der Waals surface area (Å²) in [7, 11) is 0. The van der Waals surface area contributed by atoms with Gasteiger partial charge in [0.2, 0.25) is 0 Å². The van der Waals surface area contributed by atoms with E-state index < -0.39 is 0 Å². The summed E-state index contributed by atoms with van der Waals surface area (Å²) in [6, 6.07) is 16.4. The van der Waals surface area contributed by atoms with Gasteiger partial charge in [-0.1, -0.05) is 30.3 Å². The topological polar surface area (TPSA) is 43.5 Å². The average Bonchev–Trinajstić information content (AvgIpc) is 3.15. The van der Waals surface area contributed by atoms with Crippen LogP contribution in [-0.2, 0) is 22.7 Å². The third kappa shape index (κ3) is 4.03. The molecule has 130 valence electrons. The Balaban J connectivity index is 1.48. The molecule has 1 saturated heterocycles. The Morgan fingerprint density at radius 2 is 1.92 bits per heavy atom. The van der Waals surface area contributed by atoms with Crippen molar-refractivity contribution < 1.29 is 14.2 Å². The lowest BCUT2D eigenvalue weighted by atomic mass is 10.1. The molecule has 0 amide bonds. The Morgan fingerprint density at radius 1 is 1.00 bits per heavy atom. The first-order chi connectivity index (χ1) is 12.4. The molecule has 1 unspecified atom stereocenters. The van der Waals surface area contributed by atoms with Gasteiger partial charge < -0.3 is 19.2 Å². The smallest absolute Gasteiger partial charge is 0.158 e. The second-order valence-electron chi connectivity index (χ2n) is 6.41. The predicted molar refractivity (Wildman–Crippen MR) is 97.5 cm³/mol. The minimum atomic E-state index is -0.0817. The number of hydrogen-bond donors (Lipinski definition) is 1. The quantitative estimate of drug-likeness (QED) is 0.703. The van der Waals surface area contributed by atoms with Gasteiger partial charge >= 0.3 is 0 Å². The number of H-pyrrole nitrogens is 1. The molecule has 0 spiro atoms. The van der Waals surface area contributed by atoms with Crippen LogP contribution in [0.1, 0.15) is 30.4 Å². The summed E-state index contributed by atoms with van der Waals surface area (Å²) in [6.45, 7) is 1.88. The van der Waals surface area contributed by atoms with E-state index in [-0.39, 0.29) is 6.29 Å². The highest BCUT2D eigenvalue weighted by Gasteiger charge is 2.15. The Bertz CT molecular complexity index is 806. The number of aromatic amines is 1. The third-order valence-electron chi connectivity index (χ3n) is 4.50. The summed E-state index contributed by atoms with van der Waals surface area (Å²) in [6.07, 6.45) is 5.14. The van der Waals surface area contributed by atoms with Crippen molar-refractivity contribution in [1.82, 2.24) is 4.98 Å². The molecule has 1 N–H and O–H groups in total. The van der Waals surface area contributed by atoms with Crippen LogP contribution in [0.25, 0.3) is 10.9 Å². The lowest BCUT2D eigenvalue weighted by Crippen LogP contribution is -2.22. The first-order valence-electron chi connectivity index (χ1n) is 8.88. The molecule has 0 aliphatic carbocycles. The van der Waals surface area contributed by atoms with Crippen molar-refractivity contribution in [3.8, 4) is 5.75 Å². The van der Waals surface area contributed by atoms with Gasteiger partial charge in [-0.15, -0.1) is 0 Å². The molecule has 2 heterocycles. The van der Waals surface area contributed by atoms with Crippen LogP contribution in [0.3, 0.4) is 0 Å². The van der Waals surface area contributed by atoms with Crippen LogP contribution >= 0.6 is 0 Å². The number of nitrogens with one attached hydrogen (secondary N) is 1. The molecule has 4 nitrogen and oxygen atoms in total. The highest BCUT2D eigenvalue weighted by Crippen LogP contribution is 2.28. The van der Waals surface area contributed by atoms with Gasteiger partial charge in [-0.2, -0.15) is 0 Å². The van der Waals surface area contributed by atoms with Crippen LogP contribution in [0.4, 0.5) is 0 Å². The van der Waals surface area contributed by atoms with Gasteiger partial charge in [0.05, 0.1) is 6.61 Å². The van der Waals surface area contributed by atoms with Gasteiger partial charge in [-0.3, -0.25) is 0 Å². The van der Waals surface area contributed by atoms with Gasteiger partial charge in [0.15, 0.2) is 6.29 Å². The monoisotopic (exact) mass is 337 g/mol. The Morgan fingerprint density at radius 3 is 2.76 bits per heavy atom. The summed E-state index contributed by atoms with van der Waals surface area (Å²) in [4.78, 5) is 3.27. The highest BCUT2D eigenvalue weighted by atomic mass is 16.7. The SMILES string of the molecule is c1ccc(COc2cc(COC3CCCCO3)cc3[nH]ccc23)cc1. The van der Waals surface area contributed by atoms with Gasteiger partial charge in [0.1, 0.15) is 12.4 Å². The van der Waals surface area contributed by atoms with Crippen molar-refractivity contribution in [1.29, 1.82) is 0 Å². The molecule has 2 aromatic carbocycles. The molecular weight excluding hydrogens is 314 g/mol. The lowest BCUT2D eigenvalue weighted by molar-refractivity contribution is -0.168. The van der Waals surface area contributed by atoms with E-state index >= 15 is 0 Å². The number of rotatable bonds is 6. The maximum Gasteiger partial charge on any atom is 0.158 e. The van der Waals surface area contributed by atoms with Gasteiger partial charge in [-0.25, -0.2) is 0 Å². The molecular formula is C21H23NO3. The van der Waals surface area contributed by atoms with E-state index in [0.29, 0.717) is 13.2 Å². The second-order valence-corrected chi connectivity index (χ2v) is 6.41. The van der Waals surface area contributed by atoms with E-state index in [1.165, 1.54) is 6.42 Å². The van der Waals surface area contributed by atoms with Crippen molar-refractivity contribution >= 4 is 10.9 Å². The molecule has 1 aliphatic heterocycles. The second kappa shape index (κ2) is 7.72. The predicted octanol–water partition coefficient (Wildman–Crippen LogP) is 4.79. The van der Waals surface area contributed by atoms with Crippen LogP contribution in [0.2, 0.25) is 0 Å². The maximum atomic E-state index is 6.09. The zero-order valence-corrected chi connectivity index (χ0v) is 14.2. The maximum absolute atomic E-state index is 6.09. The molecule has 0 saturated carbocycles. The molecule has 4 rings (SSSR count). The lowest BCUT2D eigenvalue weighted by Gasteiger charge is -2.22. The molecule has 1 fully saturated rings. The molecule has 4 heteroatoms. The van der Waals surface area contributed by atoms with Crippen LogP contribution in [0.15, 0.2) is 54.7 Å². The molecule has 3 aromatic rings. The van der Waals surface area contributed by atoms with E-state index in [0.717, 1.165) is 47.2 Å². The number of hydrogen-bond acceptors (Lipinski definition) is 3. The van der Waals surface area contributed by atoms with Crippen LogP contribution in [0, 0.1) is 0 Å². The van der Waals surface area contributed by atoms with Crippen LogP contribution < -0.4 is 4.74 Å². The Kier molecular flexibility index (Phi) is 5.00. The van der Waals surface area contributed by atoms with Gasteiger partial charge in [0, 0.05) is 23.7 Å². The van der Waals surface area contributed by atoms with E-state index in [9.17, 15) is 0 Å². The van der Waals surface area contributed by atoms with E-state index in [1.54, 1.807) is 0 Å². The highest BCUT2D eigenvalue weighted by molar-refractivity contribution is 5.86. The standard InChI is InChI=1S/C21H23NO3/c1-2-6-16(7-3-1)14-24-20-13-17(12-19-18(20)9-10-22-19)15-25-21-8-4-5-11-23-21/h1-3,6-7,9-10,12-13,21-22H,4-5,8,11,14-15H2. The first kappa shape index (κ1) is 16.2. The van der Waals surface area contributed by atoms with E-state index in [2.05, 4.69) is 29.2 Å². The molecule has 1 atom stereocenters. The van der Waals surface area contributed by atoms with Crippen LogP contribution in [0.5, 0.6) is 5.75 Å². The summed E-state index contributed by atoms with van der Waals surface area (Å²) < 4.78 is 17.7. The molecule has 0 bridgehead atoms. The fourth-order valence-electron chi connectivity index (χ4n) is 3.16. The van der Waals surface area contributed by atoms with Crippen molar-refractivity contribution in [2.45, 2.75) is 38.8 Å². The minimum absolute atomic E-state index is 0.0817. The summed E-state index contributed by atoms with van der Waals surface area (Å²) in [5, 5.41) is 1.09. The summed E-state index contributed by atoms with van der Waals surface area (Å²) >= 11 is 0. The van der Waals surface area contributed by atoms with Crippen molar-refractivity contribution in [3.05, 3.63) is 65.9 Å². The fraction of sp³-hybridized carbons (Fsp3) is 0.333. The van der Waals surface area contributed by atoms with Crippen molar-refractivity contribution in [2.75, 3.05) is 6.61 Å². The summed E-state index contributed by atoms with van der Waals surface area (Å²) in [5.41, 5.74) is 3.31.